The summed E-state index contributed by atoms with van der Waals surface area (Å²) in [4.78, 5) is 9.29. The molecule has 4 rings (SSSR count). The van der Waals surface area contributed by atoms with E-state index in [1.54, 1.807) is 13.3 Å². The summed E-state index contributed by atoms with van der Waals surface area (Å²) in [6.07, 6.45) is 2.77. The van der Waals surface area contributed by atoms with Gasteiger partial charge in [-0.15, -0.1) is 0 Å². The van der Waals surface area contributed by atoms with Crippen molar-refractivity contribution in [1.29, 1.82) is 5.26 Å². The molecule has 142 valence electrons. The van der Waals surface area contributed by atoms with Gasteiger partial charge in [-0.05, 0) is 30.2 Å². The Hall–Kier alpha value is -3.10. The van der Waals surface area contributed by atoms with E-state index in [9.17, 15) is 5.26 Å². The van der Waals surface area contributed by atoms with Crippen LogP contribution in [0.5, 0.6) is 5.75 Å². The highest BCUT2D eigenvalue weighted by molar-refractivity contribution is 5.94. The Morgan fingerprint density at radius 2 is 1.86 bits per heavy atom. The van der Waals surface area contributed by atoms with Crippen molar-refractivity contribution in [3.63, 3.8) is 0 Å². The number of ether oxygens (including phenoxy) is 1. The Morgan fingerprint density at radius 3 is 2.64 bits per heavy atom. The number of nitriles is 1. The number of anilines is 1. The van der Waals surface area contributed by atoms with Crippen molar-refractivity contribution >= 4 is 16.6 Å². The molecule has 0 saturated carbocycles. The summed E-state index contributed by atoms with van der Waals surface area (Å²) in [6, 6.07) is 18.7. The van der Waals surface area contributed by atoms with Crippen molar-refractivity contribution in [3.8, 4) is 11.8 Å². The molecule has 1 saturated heterocycles. The van der Waals surface area contributed by atoms with Gasteiger partial charge in [-0.1, -0.05) is 30.3 Å². The minimum Gasteiger partial charge on any atom is -0.497 e. The van der Waals surface area contributed by atoms with E-state index in [0.29, 0.717) is 5.56 Å². The molecule has 2 heterocycles. The molecule has 0 N–H and O–H groups in total. The predicted molar refractivity (Wildman–Crippen MR) is 112 cm³/mol. The molecule has 0 bridgehead atoms. The van der Waals surface area contributed by atoms with E-state index in [-0.39, 0.29) is 0 Å². The fraction of sp³-hybridized carbons (Fsp3) is 0.304. The second kappa shape index (κ2) is 8.28. The first-order chi connectivity index (χ1) is 13.8. The van der Waals surface area contributed by atoms with Gasteiger partial charge >= 0.3 is 0 Å². The highest BCUT2D eigenvalue weighted by Crippen LogP contribution is 2.30. The van der Waals surface area contributed by atoms with Crippen LogP contribution in [0.3, 0.4) is 0 Å². The van der Waals surface area contributed by atoms with Crippen LogP contribution in [0.4, 0.5) is 5.69 Å². The monoisotopic (exact) mass is 372 g/mol. The summed E-state index contributed by atoms with van der Waals surface area (Å²) in [7, 11) is 1.69. The summed E-state index contributed by atoms with van der Waals surface area (Å²) < 4.78 is 5.25. The Labute approximate surface area is 165 Å². The van der Waals surface area contributed by atoms with E-state index in [2.05, 4.69) is 39.1 Å². The summed E-state index contributed by atoms with van der Waals surface area (Å²) in [5, 5.41) is 10.7. The lowest BCUT2D eigenvalue weighted by molar-refractivity contribution is 0.285. The first-order valence-electron chi connectivity index (χ1n) is 9.66. The highest BCUT2D eigenvalue weighted by atomic mass is 16.5. The quantitative estimate of drug-likeness (QED) is 0.697. The van der Waals surface area contributed by atoms with Gasteiger partial charge in [-0.25, -0.2) is 0 Å². The molecule has 1 fully saturated rings. The number of methoxy groups -OCH3 is 1. The van der Waals surface area contributed by atoms with E-state index < -0.39 is 0 Å². The molecule has 5 nitrogen and oxygen atoms in total. The standard InChI is InChI=1S/C23H24N4O/c1-28-20-9-7-18(8-10-20)17-26-11-4-12-27(14-13-26)23-19(15-24)16-25-22-6-3-2-5-21(22)23/h2-3,5-10,16H,4,11-14,17H2,1H3. The SMILES string of the molecule is COc1ccc(CN2CCCN(c3c(C#N)cnc4ccccc34)CC2)cc1. The molecule has 0 unspecified atom stereocenters. The predicted octanol–water partition coefficient (Wildman–Crippen LogP) is 3.83. The van der Waals surface area contributed by atoms with Gasteiger partial charge in [0.15, 0.2) is 0 Å². The smallest absolute Gasteiger partial charge is 0.118 e. The fourth-order valence-corrected chi connectivity index (χ4v) is 3.89. The van der Waals surface area contributed by atoms with Gasteiger partial charge in [-0.3, -0.25) is 9.88 Å². The van der Waals surface area contributed by atoms with Crippen molar-refractivity contribution in [2.75, 3.05) is 38.2 Å². The van der Waals surface area contributed by atoms with Crippen LogP contribution in [0.25, 0.3) is 10.9 Å². The van der Waals surface area contributed by atoms with E-state index in [4.69, 9.17) is 4.74 Å². The zero-order valence-corrected chi connectivity index (χ0v) is 16.1. The van der Waals surface area contributed by atoms with Crippen molar-refractivity contribution in [3.05, 3.63) is 65.9 Å². The Kier molecular flexibility index (Phi) is 5.41. The van der Waals surface area contributed by atoms with E-state index >= 15 is 0 Å². The number of benzene rings is 2. The van der Waals surface area contributed by atoms with Crippen molar-refractivity contribution in [2.24, 2.45) is 0 Å². The molecule has 5 heteroatoms. The van der Waals surface area contributed by atoms with E-state index in [1.807, 2.05) is 30.3 Å². The van der Waals surface area contributed by atoms with Crippen LogP contribution < -0.4 is 9.64 Å². The molecule has 0 amide bonds. The van der Waals surface area contributed by atoms with Crippen LogP contribution in [0.15, 0.2) is 54.7 Å². The maximum Gasteiger partial charge on any atom is 0.118 e. The summed E-state index contributed by atoms with van der Waals surface area (Å²) in [6.45, 7) is 4.79. The molecule has 0 aliphatic carbocycles. The van der Waals surface area contributed by atoms with Crippen LogP contribution in [0, 0.1) is 11.3 Å². The third-order valence-electron chi connectivity index (χ3n) is 5.34. The zero-order valence-electron chi connectivity index (χ0n) is 16.1. The normalized spacial score (nSPS) is 15.2. The summed E-state index contributed by atoms with van der Waals surface area (Å²) in [5.74, 6) is 0.888. The molecule has 0 atom stereocenters. The Bertz CT molecular complexity index is 994. The van der Waals surface area contributed by atoms with E-state index in [1.165, 1.54) is 5.56 Å². The molecule has 1 aliphatic rings. The fourth-order valence-electron chi connectivity index (χ4n) is 3.89. The Balaban J connectivity index is 1.53. The number of pyridine rings is 1. The largest absolute Gasteiger partial charge is 0.497 e. The number of para-hydroxylation sites is 1. The van der Waals surface area contributed by atoms with Crippen LogP contribution in [0.1, 0.15) is 17.5 Å². The van der Waals surface area contributed by atoms with Crippen molar-refractivity contribution < 1.29 is 4.74 Å². The third kappa shape index (κ3) is 3.78. The molecule has 1 aliphatic heterocycles. The molecular weight excluding hydrogens is 348 g/mol. The molecule has 28 heavy (non-hydrogen) atoms. The van der Waals surface area contributed by atoms with Crippen LogP contribution >= 0.6 is 0 Å². The van der Waals surface area contributed by atoms with Gasteiger partial charge in [0.1, 0.15) is 11.8 Å². The average molecular weight is 372 g/mol. The third-order valence-corrected chi connectivity index (χ3v) is 5.34. The summed E-state index contributed by atoms with van der Waals surface area (Å²) in [5.41, 5.74) is 3.92. The molecule has 3 aromatic rings. The minimum atomic E-state index is 0.655. The average Bonchev–Trinajstić information content (AvgIpc) is 2.98. The molecular formula is C23H24N4O. The van der Waals surface area contributed by atoms with Crippen molar-refractivity contribution in [1.82, 2.24) is 9.88 Å². The lowest BCUT2D eigenvalue weighted by Crippen LogP contribution is -2.31. The number of rotatable bonds is 4. The van der Waals surface area contributed by atoms with Crippen LogP contribution in [0.2, 0.25) is 0 Å². The number of aromatic nitrogens is 1. The minimum absolute atomic E-state index is 0.655. The van der Waals surface area contributed by atoms with Crippen LogP contribution in [-0.2, 0) is 6.54 Å². The van der Waals surface area contributed by atoms with Gasteiger partial charge in [0.25, 0.3) is 0 Å². The maximum atomic E-state index is 9.63. The van der Waals surface area contributed by atoms with Gasteiger partial charge in [-0.2, -0.15) is 5.26 Å². The van der Waals surface area contributed by atoms with Gasteiger partial charge < -0.3 is 9.64 Å². The molecule has 1 aromatic heterocycles. The molecule has 0 spiro atoms. The first-order valence-corrected chi connectivity index (χ1v) is 9.66. The second-order valence-electron chi connectivity index (χ2n) is 7.11. The Morgan fingerprint density at radius 1 is 1.04 bits per heavy atom. The second-order valence-corrected chi connectivity index (χ2v) is 7.11. The lowest BCUT2D eigenvalue weighted by atomic mass is 10.1. The first kappa shape index (κ1) is 18.3. The zero-order chi connectivity index (χ0) is 19.3. The number of hydrogen-bond donors (Lipinski definition) is 0. The molecule has 2 aromatic carbocycles. The maximum absolute atomic E-state index is 9.63. The highest BCUT2D eigenvalue weighted by Gasteiger charge is 2.20. The van der Waals surface area contributed by atoms with Gasteiger partial charge in [0.2, 0.25) is 0 Å². The number of fused-ring (bicyclic) bond motifs is 1. The topological polar surface area (TPSA) is 52.4 Å². The summed E-state index contributed by atoms with van der Waals surface area (Å²) >= 11 is 0. The molecule has 0 radical (unpaired) electrons. The number of nitrogens with zero attached hydrogens (tertiary/aromatic N) is 4. The van der Waals surface area contributed by atoms with E-state index in [0.717, 1.165) is 61.5 Å². The van der Waals surface area contributed by atoms with Crippen LogP contribution in [-0.4, -0.2) is 43.2 Å². The van der Waals surface area contributed by atoms with Gasteiger partial charge in [0, 0.05) is 44.3 Å². The van der Waals surface area contributed by atoms with Gasteiger partial charge in [0.05, 0.1) is 23.9 Å². The van der Waals surface area contributed by atoms with Crippen molar-refractivity contribution in [2.45, 2.75) is 13.0 Å². The lowest BCUT2D eigenvalue weighted by Gasteiger charge is -2.25. The number of hydrogen-bond acceptors (Lipinski definition) is 5.